The minimum absolute atomic E-state index is 0. The Morgan fingerprint density at radius 1 is 0.969 bits per heavy atom. The van der Waals surface area contributed by atoms with E-state index < -0.39 is 5.97 Å². The second kappa shape index (κ2) is 20.6. The molecule has 5 N–H and O–H groups in total. The number of methoxy groups -OCH3 is 1. The van der Waals surface area contributed by atoms with E-state index in [1.807, 2.05) is 42.5 Å². The standard InChI is InChI=1S/C14H13N3O2.C5H5N.C2H4O2.Co.2H2O/c1-19-13-4-2-3-11(9-13)10-16-17-14(18)12-5-7-15-8-6-12;1-2-4-6-5-3-1;1-2(3)4;;;/h2-10H,1H3,(H,17,18);1-5H;1H3,(H,3,4);;2*1H2/q;;;+2;;/p-1. The number of hydrogen-bond acceptors (Lipinski definition) is 8. The fraction of sp³-hybridized carbons (Fsp3) is 0.0952. The second-order valence-electron chi connectivity index (χ2n) is 5.29. The van der Waals surface area contributed by atoms with Crippen molar-refractivity contribution >= 4 is 18.1 Å². The van der Waals surface area contributed by atoms with Gasteiger partial charge >= 0.3 is 22.7 Å². The van der Waals surface area contributed by atoms with Crippen molar-refractivity contribution in [1.29, 1.82) is 0 Å². The Bertz CT molecular complexity index is 868. The molecule has 3 aromatic rings. The number of nitrogens with zero attached hydrogens (tertiary/aromatic N) is 3. The molecule has 1 amide bonds. The average molecular weight is 488 g/mol. The summed E-state index contributed by atoms with van der Waals surface area (Å²) in [6.45, 7) is 1.19. The average Bonchev–Trinajstić information content (AvgIpc) is 2.76. The van der Waals surface area contributed by atoms with Gasteiger partial charge in [-0.3, -0.25) is 14.8 Å². The van der Waals surface area contributed by atoms with Gasteiger partial charge in [-0.2, -0.15) is 5.10 Å². The third-order valence-electron chi connectivity index (χ3n) is 2.98. The van der Waals surface area contributed by atoms with E-state index >= 15 is 0 Å². The summed E-state index contributed by atoms with van der Waals surface area (Å²) in [4.78, 5) is 28.4. The van der Waals surface area contributed by atoms with Crippen molar-refractivity contribution in [3.05, 3.63) is 90.5 Å². The first-order chi connectivity index (χ1) is 14.0. The first-order valence-corrected chi connectivity index (χ1v) is 8.47. The Kier molecular flexibility index (Phi) is 21.3. The maximum absolute atomic E-state index is 11.7. The number of rotatable bonds is 4. The van der Waals surface area contributed by atoms with Gasteiger partial charge in [0.05, 0.1) is 20.2 Å². The van der Waals surface area contributed by atoms with E-state index in [0.717, 1.165) is 11.3 Å². The van der Waals surface area contributed by atoms with Crippen LogP contribution in [0.3, 0.4) is 0 Å². The van der Waals surface area contributed by atoms with Crippen LogP contribution >= 0.6 is 0 Å². The van der Waals surface area contributed by atoms with Gasteiger partial charge in [0.2, 0.25) is 0 Å². The molecule has 3 rings (SSSR count). The van der Waals surface area contributed by atoms with E-state index in [0.29, 0.717) is 5.56 Å². The van der Waals surface area contributed by atoms with Crippen molar-refractivity contribution in [3.63, 3.8) is 0 Å². The minimum Gasteiger partial charge on any atom is -0.870 e. The zero-order valence-corrected chi connectivity index (χ0v) is 18.4. The van der Waals surface area contributed by atoms with Crippen molar-refractivity contribution in [2.24, 2.45) is 5.10 Å². The van der Waals surface area contributed by atoms with Crippen LogP contribution in [0.2, 0.25) is 0 Å². The molecule has 0 aliphatic rings. The second-order valence-corrected chi connectivity index (χ2v) is 5.29. The van der Waals surface area contributed by atoms with Gasteiger partial charge in [-0.1, -0.05) is 18.2 Å². The summed E-state index contributed by atoms with van der Waals surface area (Å²) in [6.07, 6.45) is 8.17. The molecule has 1 radical (unpaired) electrons. The van der Waals surface area contributed by atoms with Gasteiger partial charge in [0, 0.05) is 35.1 Å². The number of carbonyl (C=O) groups excluding carboxylic acids is 2. The van der Waals surface area contributed by atoms with Crippen molar-refractivity contribution in [2.45, 2.75) is 6.92 Å². The normalized spacial score (nSPS) is 8.44. The van der Waals surface area contributed by atoms with Gasteiger partial charge in [0.15, 0.2) is 0 Å². The topological polar surface area (TPSA) is 176 Å². The Balaban J connectivity index is -0.000000544. The van der Waals surface area contributed by atoms with E-state index in [-0.39, 0.29) is 33.6 Å². The molecule has 32 heavy (non-hydrogen) atoms. The molecule has 10 nitrogen and oxygen atoms in total. The quantitative estimate of drug-likeness (QED) is 0.331. The predicted octanol–water partition coefficient (Wildman–Crippen LogP) is 1.84. The number of hydrogen-bond donors (Lipinski definition) is 1. The maximum atomic E-state index is 11.7. The zero-order valence-electron chi connectivity index (χ0n) is 17.4. The molecule has 0 bridgehead atoms. The third-order valence-corrected chi connectivity index (χ3v) is 2.98. The fourth-order valence-electron chi connectivity index (χ4n) is 1.77. The number of aromatic nitrogens is 2. The van der Waals surface area contributed by atoms with E-state index in [4.69, 9.17) is 14.6 Å². The number of ether oxygens (including phenoxy) is 1. The summed E-state index contributed by atoms with van der Waals surface area (Å²) in [5.74, 6) is -0.119. The number of carbonyl (C=O) groups is 2. The minimum atomic E-state index is -0.583. The van der Waals surface area contributed by atoms with Crippen LogP contribution in [-0.4, -0.2) is 51.2 Å². The molecular weight excluding hydrogens is 463 g/mol. The summed E-state index contributed by atoms with van der Waals surface area (Å²) in [7, 11) is 1.60. The van der Waals surface area contributed by atoms with Crippen molar-refractivity contribution in [2.75, 3.05) is 7.11 Å². The first-order valence-electron chi connectivity index (χ1n) is 8.47. The number of nitrogens with one attached hydrogen (secondary N) is 1. The number of benzene rings is 1. The molecule has 0 atom stereocenters. The predicted molar refractivity (Wildman–Crippen MR) is 115 cm³/mol. The van der Waals surface area contributed by atoms with Crippen LogP contribution in [0.1, 0.15) is 22.8 Å². The molecule has 11 heteroatoms. The van der Waals surface area contributed by atoms with Gasteiger partial charge < -0.3 is 20.8 Å². The Labute approximate surface area is 196 Å². The number of amides is 1. The smallest absolute Gasteiger partial charge is 0.870 e. The Morgan fingerprint density at radius 2 is 1.53 bits per heavy atom. The van der Waals surface area contributed by atoms with Crippen molar-refractivity contribution in [3.8, 4) is 5.75 Å². The SMILES string of the molecule is CC(=O)[OH2+].COc1cccc(C=NNC(=O)c2ccncc2)c1.[Co+2].[OH-].[OH-].c1ccncc1. The largest absolute Gasteiger partial charge is 2.00 e. The van der Waals surface area contributed by atoms with Crippen LogP contribution in [0.25, 0.3) is 0 Å². The van der Waals surface area contributed by atoms with Gasteiger partial charge in [-0.15, -0.1) is 0 Å². The summed E-state index contributed by atoms with van der Waals surface area (Å²) >= 11 is 0. The van der Waals surface area contributed by atoms with Crippen LogP contribution in [-0.2, 0) is 21.6 Å². The van der Waals surface area contributed by atoms with Crippen LogP contribution in [0.5, 0.6) is 5.75 Å². The zero-order chi connectivity index (χ0) is 21.3. The summed E-state index contributed by atoms with van der Waals surface area (Å²) < 4.78 is 5.10. The number of hydrazone groups is 1. The Hall–Kier alpha value is -3.64. The van der Waals surface area contributed by atoms with E-state index in [9.17, 15) is 4.79 Å². The molecule has 2 aromatic heterocycles. The molecule has 0 unspecified atom stereocenters. The van der Waals surface area contributed by atoms with Crippen molar-refractivity contribution < 1.29 is 47.2 Å². The van der Waals surface area contributed by atoms with Crippen molar-refractivity contribution in [1.82, 2.24) is 15.4 Å². The molecule has 0 fully saturated rings. The molecule has 1 aromatic carbocycles. The molecule has 173 valence electrons. The van der Waals surface area contributed by atoms with Gasteiger partial charge in [0.25, 0.3) is 5.91 Å². The van der Waals surface area contributed by atoms with Gasteiger partial charge in [-0.05, 0) is 42.0 Å². The number of pyridine rings is 2. The molecule has 2 heterocycles. The summed E-state index contributed by atoms with van der Waals surface area (Å²) in [5, 5.41) is 9.84. The van der Waals surface area contributed by atoms with Crippen LogP contribution in [0.4, 0.5) is 0 Å². The first kappa shape index (κ1) is 33.0. The Morgan fingerprint density at radius 3 is 2.00 bits per heavy atom. The van der Waals surface area contributed by atoms with E-state index in [1.165, 1.54) is 6.92 Å². The molecular formula is C21H25CoN4O6+. The van der Waals surface area contributed by atoms with Gasteiger partial charge in [0.1, 0.15) is 5.75 Å². The monoisotopic (exact) mass is 488 g/mol. The molecule has 0 aliphatic carbocycles. The van der Waals surface area contributed by atoms with Gasteiger partial charge in [-0.25, -0.2) is 5.43 Å². The molecule has 0 aliphatic heterocycles. The maximum Gasteiger partial charge on any atom is 2.00 e. The van der Waals surface area contributed by atoms with E-state index in [2.05, 4.69) is 20.5 Å². The van der Waals surface area contributed by atoms with Crippen LogP contribution < -0.4 is 10.2 Å². The molecule has 0 saturated carbocycles. The summed E-state index contributed by atoms with van der Waals surface area (Å²) in [6, 6.07) is 16.3. The summed E-state index contributed by atoms with van der Waals surface area (Å²) in [5.41, 5.74) is 3.80. The molecule has 0 spiro atoms. The molecule has 0 saturated heterocycles. The van der Waals surface area contributed by atoms with Crippen LogP contribution in [0, 0.1) is 0 Å². The van der Waals surface area contributed by atoms with E-state index in [1.54, 1.807) is 50.2 Å². The van der Waals surface area contributed by atoms with Crippen LogP contribution in [0.15, 0.2) is 84.5 Å². The fourth-order valence-corrected chi connectivity index (χ4v) is 1.77. The third kappa shape index (κ3) is 16.2.